The second kappa shape index (κ2) is 7.61. The first-order chi connectivity index (χ1) is 12.2. The first kappa shape index (κ1) is 16.7. The first-order valence-electron chi connectivity index (χ1n) is 8.06. The van der Waals surface area contributed by atoms with Gasteiger partial charge in [-0.25, -0.2) is 14.5 Å². The van der Waals surface area contributed by atoms with Crippen molar-refractivity contribution in [2.24, 2.45) is 0 Å². The Hall–Kier alpha value is -3.16. The highest BCUT2D eigenvalue weighted by Crippen LogP contribution is 2.10. The largest absolute Gasteiger partial charge is 0.486 e. The summed E-state index contributed by atoms with van der Waals surface area (Å²) in [7, 11) is 0. The molecule has 8 heteroatoms. The second-order valence-corrected chi connectivity index (χ2v) is 5.42. The van der Waals surface area contributed by atoms with Gasteiger partial charge in [0.2, 0.25) is 0 Å². The van der Waals surface area contributed by atoms with Crippen molar-refractivity contribution in [1.82, 2.24) is 24.3 Å². The summed E-state index contributed by atoms with van der Waals surface area (Å²) >= 11 is 0. The van der Waals surface area contributed by atoms with E-state index in [1.165, 1.54) is 16.8 Å². The van der Waals surface area contributed by atoms with Crippen LogP contribution in [0.5, 0.6) is 5.75 Å². The molecule has 0 aliphatic rings. The van der Waals surface area contributed by atoms with Crippen molar-refractivity contribution in [2.45, 2.75) is 33.0 Å². The molecule has 3 aromatic rings. The SMILES string of the molecule is CCn1nc(COc2ccccc2)nc1CCn1ccc(=O)[nH]c1=O. The molecule has 0 atom stereocenters. The van der Waals surface area contributed by atoms with Gasteiger partial charge in [0.25, 0.3) is 5.56 Å². The maximum atomic E-state index is 11.7. The lowest BCUT2D eigenvalue weighted by Crippen LogP contribution is -2.29. The molecule has 25 heavy (non-hydrogen) atoms. The van der Waals surface area contributed by atoms with Crippen LogP contribution in [-0.4, -0.2) is 24.3 Å². The third-order valence-electron chi connectivity index (χ3n) is 3.68. The van der Waals surface area contributed by atoms with Crippen LogP contribution < -0.4 is 16.0 Å². The highest BCUT2D eigenvalue weighted by atomic mass is 16.5. The quantitative estimate of drug-likeness (QED) is 0.691. The molecule has 0 aliphatic heterocycles. The molecule has 0 aliphatic carbocycles. The van der Waals surface area contributed by atoms with E-state index in [2.05, 4.69) is 15.1 Å². The van der Waals surface area contributed by atoms with Gasteiger partial charge in [-0.2, -0.15) is 5.10 Å². The Labute approximate surface area is 143 Å². The monoisotopic (exact) mass is 341 g/mol. The van der Waals surface area contributed by atoms with E-state index < -0.39 is 11.2 Å². The van der Waals surface area contributed by atoms with Crippen LogP contribution in [-0.2, 0) is 26.1 Å². The zero-order valence-corrected chi connectivity index (χ0v) is 13.9. The molecule has 0 fully saturated rings. The van der Waals surface area contributed by atoms with Gasteiger partial charge in [0.05, 0.1) is 0 Å². The summed E-state index contributed by atoms with van der Waals surface area (Å²) in [5, 5.41) is 4.43. The van der Waals surface area contributed by atoms with Crippen LogP contribution in [0.2, 0.25) is 0 Å². The van der Waals surface area contributed by atoms with Gasteiger partial charge < -0.3 is 9.30 Å². The van der Waals surface area contributed by atoms with Crippen LogP contribution in [0, 0.1) is 0 Å². The molecular formula is C17H19N5O3. The predicted molar refractivity (Wildman–Crippen MR) is 91.5 cm³/mol. The molecule has 0 saturated carbocycles. The normalized spacial score (nSPS) is 10.8. The number of aromatic amines is 1. The summed E-state index contributed by atoms with van der Waals surface area (Å²) in [6, 6.07) is 10.8. The Morgan fingerprint density at radius 2 is 1.96 bits per heavy atom. The summed E-state index contributed by atoms with van der Waals surface area (Å²) in [4.78, 5) is 29.6. The fourth-order valence-electron chi connectivity index (χ4n) is 2.43. The molecule has 3 rings (SSSR count). The molecule has 0 radical (unpaired) electrons. The van der Waals surface area contributed by atoms with E-state index in [4.69, 9.17) is 4.74 Å². The van der Waals surface area contributed by atoms with Crippen LogP contribution in [0.3, 0.4) is 0 Å². The van der Waals surface area contributed by atoms with Gasteiger partial charge >= 0.3 is 5.69 Å². The molecule has 130 valence electrons. The summed E-state index contributed by atoms with van der Waals surface area (Å²) in [5.41, 5.74) is -0.832. The minimum absolute atomic E-state index is 0.280. The van der Waals surface area contributed by atoms with E-state index in [0.717, 1.165) is 11.6 Å². The van der Waals surface area contributed by atoms with Gasteiger partial charge in [0.1, 0.15) is 18.2 Å². The summed E-state index contributed by atoms with van der Waals surface area (Å²) < 4.78 is 8.90. The van der Waals surface area contributed by atoms with Gasteiger partial charge in [0.15, 0.2) is 5.82 Å². The smallest absolute Gasteiger partial charge is 0.328 e. The van der Waals surface area contributed by atoms with Crippen molar-refractivity contribution in [3.8, 4) is 5.75 Å². The zero-order chi connectivity index (χ0) is 17.6. The highest BCUT2D eigenvalue weighted by molar-refractivity contribution is 5.21. The number of hydrogen-bond acceptors (Lipinski definition) is 5. The van der Waals surface area contributed by atoms with Crippen LogP contribution in [0.25, 0.3) is 0 Å². The first-order valence-corrected chi connectivity index (χ1v) is 8.06. The molecule has 1 aromatic carbocycles. The van der Waals surface area contributed by atoms with Crippen LogP contribution in [0.4, 0.5) is 0 Å². The van der Waals surface area contributed by atoms with Crippen molar-refractivity contribution in [3.05, 3.63) is 75.1 Å². The van der Waals surface area contributed by atoms with E-state index in [1.807, 2.05) is 37.3 Å². The number of nitrogens with one attached hydrogen (secondary N) is 1. The topological polar surface area (TPSA) is 94.8 Å². The van der Waals surface area contributed by atoms with Gasteiger partial charge in [-0.05, 0) is 19.1 Å². The number of nitrogens with zero attached hydrogens (tertiary/aromatic N) is 4. The number of ether oxygens (including phenoxy) is 1. The Morgan fingerprint density at radius 3 is 2.68 bits per heavy atom. The average molecular weight is 341 g/mol. The highest BCUT2D eigenvalue weighted by Gasteiger charge is 2.10. The van der Waals surface area contributed by atoms with Gasteiger partial charge in [-0.3, -0.25) is 9.78 Å². The number of H-pyrrole nitrogens is 1. The summed E-state index contributed by atoms with van der Waals surface area (Å²) in [6.45, 7) is 3.34. The van der Waals surface area contributed by atoms with Crippen LogP contribution in [0.1, 0.15) is 18.6 Å². The van der Waals surface area contributed by atoms with Crippen molar-refractivity contribution in [1.29, 1.82) is 0 Å². The van der Waals surface area contributed by atoms with Gasteiger partial charge in [-0.1, -0.05) is 18.2 Å². The standard InChI is InChI=1S/C17H19N5O3/c1-2-22-15(8-10-21-11-9-16(23)19-17(21)24)18-14(20-22)12-25-13-6-4-3-5-7-13/h3-7,9,11H,2,8,10,12H2,1H3,(H,19,23,24). The molecule has 1 N–H and O–H groups in total. The summed E-state index contributed by atoms with van der Waals surface area (Å²) in [5.74, 6) is 2.12. The van der Waals surface area contributed by atoms with Gasteiger partial charge in [0, 0.05) is 31.8 Å². The number of para-hydroxylation sites is 1. The van der Waals surface area contributed by atoms with Crippen molar-refractivity contribution >= 4 is 0 Å². The number of hydrogen-bond donors (Lipinski definition) is 1. The molecule has 0 unspecified atom stereocenters. The fourth-order valence-corrected chi connectivity index (χ4v) is 2.43. The molecule has 0 amide bonds. The zero-order valence-electron chi connectivity index (χ0n) is 13.9. The van der Waals surface area contributed by atoms with Crippen molar-refractivity contribution in [2.75, 3.05) is 0 Å². The minimum Gasteiger partial charge on any atom is -0.486 e. The summed E-state index contributed by atoms with van der Waals surface area (Å²) in [6.07, 6.45) is 2.01. The molecule has 2 heterocycles. The van der Waals surface area contributed by atoms with Crippen molar-refractivity contribution in [3.63, 3.8) is 0 Å². The second-order valence-electron chi connectivity index (χ2n) is 5.42. The van der Waals surface area contributed by atoms with E-state index in [1.54, 1.807) is 4.68 Å². The van der Waals surface area contributed by atoms with E-state index in [9.17, 15) is 9.59 Å². The minimum atomic E-state index is -0.428. The molecular weight excluding hydrogens is 322 g/mol. The number of aryl methyl sites for hydroxylation is 3. The Morgan fingerprint density at radius 1 is 1.16 bits per heavy atom. The average Bonchev–Trinajstić information content (AvgIpc) is 3.02. The molecule has 0 spiro atoms. The molecule has 0 saturated heterocycles. The lowest BCUT2D eigenvalue weighted by molar-refractivity contribution is 0.295. The number of rotatable bonds is 7. The Kier molecular flexibility index (Phi) is 5.08. The van der Waals surface area contributed by atoms with E-state index in [-0.39, 0.29) is 6.61 Å². The Balaban J connectivity index is 1.68. The third-order valence-corrected chi connectivity index (χ3v) is 3.68. The Bertz CT molecular complexity index is 943. The van der Waals surface area contributed by atoms with E-state index >= 15 is 0 Å². The maximum Gasteiger partial charge on any atom is 0.328 e. The fraction of sp³-hybridized carbons (Fsp3) is 0.294. The molecule has 8 nitrogen and oxygen atoms in total. The van der Waals surface area contributed by atoms with Gasteiger partial charge in [-0.15, -0.1) is 0 Å². The maximum absolute atomic E-state index is 11.7. The van der Waals surface area contributed by atoms with Crippen molar-refractivity contribution < 1.29 is 4.74 Å². The van der Waals surface area contributed by atoms with E-state index in [0.29, 0.717) is 25.3 Å². The van der Waals surface area contributed by atoms with Crippen LogP contribution in [0.15, 0.2) is 52.2 Å². The predicted octanol–water partition coefficient (Wildman–Crippen LogP) is 0.970. The number of benzene rings is 1. The van der Waals surface area contributed by atoms with Crippen LogP contribution >= 0.6 is 0 Å². The lowest BCUT2D eigenvalue weighted by Gasteiger charge is -2.04. The molecule has 0 bridgehead atoms. The lowest BCUT2D eigenvalue weighted by atomic mass is 10.3. The third kappa shape index (κ3) is 4.23. The number of aromatic nitrogens is 5. The molecule has 2 aromatic heterocycles.